The van der Waals surface area contributed by atoms with E-state index in [4.69, 9.17) is 0 Å². The van der Waals surface area contributed by atoms with Crippen LogP contribution >= 0.6 is 0 Å². The van der Waals surface area contributed by atoms with Crippen LogP contribution in [-0.4, -0.2) is 32.9 Å². The molecule has 0 saturated heterocycles. The second kappa shape index (κ2) is 6.01. The lowest BCUT2D eigenvalue weighted by Gasteiger charge is -1.75. The highest BCUT2D eigenvalue weighted by Crippen LogP contribution is 1.62. The van der Waals surface area contributed by atoms with E-state index < -0.39 is 0 Å². The van der Waals surface area contributed by atoms with E-state index in [1.165, 1.54) is 6.34 Å². The summed E-state index contributed by atoms with van der Waals surface area (Å²) in [6, 6.07) is 0. The van der Waals surface area contributed by atoms with Gasteiger partial charge in [-0.05, 0) is 6.72 Å². The highest BCUT2D eigenvalue weighted by Gasteiger charge is 1.64. The third-order valence-electron chi connectivity index (χ3n) is 0.533. The topological polar surface area (TPSA) is 37.1 Å². The number of rotatable bonds is 3. The van der Waals surface area contributed by atoms with Crippen molar-refractivity contribution in [2.24, 2.45) is 15.0 Å². The summed E-state index contributed by atoms with van der Waals surface area (Å²) in [5.41, 5.74) is 0. The van der Waals surface area contributed by atoms with Crippen LogP contribution in [0.15, 0.2) is 15.0 Å². The molecule has 44 valence electrons. The van der Waals surface area contributed by atoms with Gasteiger partial charge in [-0.1, -0.05) is 0 Å². The molecule has 0 unspecified atom stereocenters. The van der Waals surface area contributed by atoms with Crippen LogP contribution in [-0.2, 0) is 0 Å². The predicted octanol–water partition coefficient (Wildman–Crippen LogP) is 0.416. The van der Waals surface area contributed by atoms with Crippen molar-refractivity contribution in [3.05, 3.63) is 0 Å². The van der Waals surface area contributed by atoms with Gasteiger partial charge in [0, 0.05) is 13.3 Å². The molecular formula is C5H9N3. The summed E-state index contributed by atoms with van der Waals surface area (Å²) >= 11 is 0. The van der Waals surface area contributed by atoms with E-state index in [1.54, 1.807) is 13.3 Å². The van der Waals surface area contributed by atoms with Crippen LogP contribution in [0.2, 0.25) is 0 Å². The Morgan fingerprint density at radius 1 is 1.62 bits per heavy atom. The average molecular weight is 111 g/mol. The zero-order chi connectivity index (χ0) is 6.24. The summed E-state index contributed by atoms with van der Waals surface area (Å²) in [6.45, 7) is 3.81. The molecule has 0 amide bonds. The molecule has 0 aromatic heterocycles. The van der Waals surface area contributed by atoms with Gasteiger partial charge in [-0.15, -0.1) is 0 Å². The van der Waals surface area contributed by atoms with Crippen LogP contribution in [0.3, 0.4) is 0 Å². The quantitative estimate of drug-likeness (QED) is 0.374. The molecule has 8 heavy (non-hydrogen) atoms. The molecule has 0 heterocycles. The van der Waals surface area contributed by atoms with Crippen molar-refractivity contribution in [1.82, 2.24) is 0 Å². The van der Waals surface area contributed by atoms with Crippen molar-refractivity contribution < 1.29 is 0 Å². The molecule has 0 aliphatic heterocycles. The molecule has 0 fully saturated rings. The maximum absolute atomic E-state index is 3.78. The Labute approximate surface area is 48.9 Å². The number of hydrogen-bond donors (Lipinski definition) is 0. The lowest BCUT2D eigenvalue weighted by Crippen LogP contribution is -1.79. The molecule has 0 N–H and O–H groups in total. The second-order valence-corrected chi connectivity index (χ2v) is 1.10. The van der Waals surface area contributed by atoms with Crippen molar-refractivity contribution in [1.29, 1.82) is 0 Å². The molecule has 0 bridgehead atoms. The predicted molar refractivity (Wildman–Crippen MR) is 37.3 cm³/mol. The first-order valence-electron chi connectivity index (χ1n) is 2.26. The van der Waals surface area contributed by atoms with Gasteiger partial charge in [-0.2, -0.15) is 0 Å². The monoisotopic (exact) mass is 111 g/mol. The Kier molecular flexibility index (Phi) is 5.27. The minimum Gasteiger partial charge on any atom is -0.299 e. The van der Waals surface area contributed by atoms with Gasteiger partial charge >= 0.3 is 0 Å². The molecule has 0 radical (unpaired) electrons. The van der Waals surface area contributed by atoms with Crippen LogP contribution < -0.4 is 0 Å². The minimum absolute atomic E-state index is 0.593. The molecule has 0 saturated carbocycles. The summed E-state index contributed by atoms with van der Waals surface area (Å²) in [5, 5.41) is 0. The first-order valence-corrected chi connectivity index (χ1v) is 2.26. The Balaban J connectivity index is 3.15. The highest BCUT2D eigenvalue weighted by molar-refractivity contribution is 5.66. The van der Waals surface area contributed by atoms with Gasteiger partial charge in [0.1, 0.15) is 6.34 Å². The third kappa shape index (κ3) is 5.01. The van der Waals surface area contributed by atoms with Crippen molar-refractivity contribution >= 4 is 19.3 Å². The van der Waals surface area contributed by atoms with Gasteiger partial charge in [0.15, 0.2) is 0 Å². The molecule has 0 aliphatic rings. The van der Waals surface area contributed by atoms with E-state index >= 15 is 0 Å². The van der Waals surface area contributed by atoms with Gasteiger partial charge in [0.05, 0.1) is 6.54 Å². The zero-order valence-corrected chi connectivity index (χ0v) is 4.91. The van der Waals surface area contributed by atoms with Crippen molar-refractivity contribution in [2.75, 3.05) is 13.6 Å². The Morgan fingerprint density at radius 2 is 2.38 bits per heavy atom. The van der Waals surface area contributed by atoms with E-state index in [0.29, 0.717) is 6.54 Å². The fourth-order valence-electron chi connectivity index (χ4n) is 0.234. The number of aliphatic imine (C=N–C) groups is 3. The summed E-state index contributed by atoms with van der Waals surface area (Å²) < 4.78 is 0. The smallest absolute Gasteiger partial charge is 0.109 e. The third-order valence-corrected chi connectivity index (χ3v) is 0.533. The summed E-state index contributed by atoms with van der Waals surface area (Å²) in [4.78, 5) is 10.9. The Hall–Kier alpha value is -0.990. The van der Waals surface area contributed by atoms with Crippen LogP contribution in [0.25, 0.3) is 0 Å². The first-order chi connectivity index (χ1) is 3.91. The van der Waals surface area contributed by atoms with Crippen LogP contribution in [0, 0.1) is 0 Å². The van der Waals surface area contributed by atoms with Gasteiger partial charge in [-0.25, -0.2) is 0 Å². The highest BCUT2D eigenvalue weighted by atomic mass is 14.8. The van der Waals surface area contributed by atoms with Gasteiger partial charge in [-0.3, -0.25) is 15.0 Å². The van der Waals surface area contributed by atoms with Gasteiger partial charge < -0.3 is 0 Å². The largest absolute Gasteiger partial charge is 0.299 e. The SMILES string of the molecule is C=N/C=N\C/C=N\C. The summed E-state index contributed by atoms with van der Waals surface area (Å²) in [6.07, 6.45) is 3.10. The lowest BCUT2D eigenvalue weighted by molar-refractivity contribution is 1.30. The fourth-order valence-corrected chi connectivity index (χ4v) is 0.234. The molecule has 0 aliphatic carbocycles. The van der Waals surface area contributed by atoms with Crippen LogP contribution in [0.1, 0.15) is 0 Å². The number of nitrogens with zero attached hydrogens (tertiary/aromatic N) is 3. The molecule has 0 spiro atoms. The van der Waals surface area contributed by atoms with Crippen LogP contribution in [0.4, 0.5) is 0 Å². The Morgan fingerprint density at radius 3 is 2.88 bits per heavy atom. The van der Waals surface area contributed by atoms with E-state index in [1.807, 2.05) is 0 Å². The second-order valence-electron chi connectivity index (χ2n) is 1.10. The van der Waals surface area contributed by atoms with Crippen LogP contribution in [0.5, 0.6) is 0 Å². The zero-order valence-electron chi connectivity index (χ0n) is 4.91. The summed E-state index contributed by atoms with van der Waals surface area (Å²) in [5.74, 6) is 0. The molecule has 3 heteroatoms. The molecule has 0 rings (SSSR count). The average Bonchev–Trinajstić information content (AvgIpc) is 1.81. The molecule has 0 aromatic carbocycles. The van der Waals surface area contributed by atoms with E-state index in [0.717, 1.165) is 0 Å². The van der Waals surface area contributed by atoms with Crippen molar-refractivity contribution in [3.63, 3.8) is 0 Å². The van der Waals surface area contributed by atoms with Gasteiger partial charge in [0.25, 0.3) is 0 Å². The van der Waals surface area contributed by atoms with Gasteiger partial charge in [0.2, 0.25) is 0 Å². The Bertz CT molecular complexity index is 104. The van der Waals surface area contributed by atoms with E-state index in [9.17, 15) is 0 Å². The van der Waals surface area contributed by atoms with E-state index in [2.05, 4.69) is 21.7 Å². The van der Waals surface area contributed by atoms with Crippen molar-refractivity contribution in [2.45, 2.75) is 0 Å². The van der Waals surface area contributed by atoms with E-state index in [-0.39, 0.29) is 0 Å². The van der Waals surface area contributed by atoms with Crippen molar-refractivity contribution in [3.8, 4) is 0 Å². The number of hydrogen-bond acceptors (Lipinski definition) is 2. The maximum atomic E-state index is 3.78. The molecule has 3 nitrogen and oxygen atoms in total. The standard InChI is InChI=1S/C5H9N3/c1-6-3-4-8-5-7-2/h3,5H,2,4H2,1H3/b6-3-,8-5-. The first kappa shape index (κ1) is 7.01. The molecular weight excluding hydrogens is 102 g/mol. The maximum Gasteiger partial charge on any atom is 0.109 e. The minimum atomic E-state index is 0.593. The fraction of sp³-hybridized carbons (Fsp3) is 0.400. The summed E-state index contributed by atoms with van der Waals surface area (Å²) in [7, 11) is 1.71. The molecule has 0 aromatic rings. The normalized spacial score (nSPS) is 11.1. The lowest BCUT2D eigenvalue weighted by atomic mass is 10.7. The molecule has 0 atom stereocenters.